The number of nitrogen functional groups attached to an aromatic ring is 1. The van der Waals surface area contributed by atoms with E-state index < -0.39 is 0 Å². The van der Waals surface area contributed by atoms with Crippen LogP contribution in [0.2, 0.25) is 0 Å². The number of aryl methyl sites for hydroxylation is 4. The molecule has 0 spiro atoms. The Bertz CT molecular complexity index is 584. The van der Waals surface area contributed by atoms with Crippen LogP contribution in [0, 0.1) is 20.8 Å². The van der Waals surface area contributed by atoms with Gasteiger partial charge in [0.2, 0.25) is 0 Å². The van der Waals surface area contributed by atoms with Gasteiger partial charge in [0.1, 0.15) is 0 Å². The maximum atomic E-state index is 6.12. The van der Waals surface area contributed by atoms with E-state index in [1.165, 1.54) is 11.1 Å². The van der Waals surface area contributed by atoms with Crippen molar-refractivity contribution in [3.8, 4) is 0 Å². The summed E-state index contributed by atoms with van der Waals surface area (Å²) in [6.07, 6.45) is 1.03. The van der Waals surface area contributed by atoms with Crippen LogP contribution in [0.25, 0.3) is 0 Å². The lowest BCUT2D eigenvalue weighted by molar-refractivity contribution is 0.605. The molecule has 0 saturated heterocycles. The Labute approximate surface area is 114 Å². The van der Waals surface area contributed by atoms with Crippen molar-refractivity contribution in [2.75, 3.05) is 11.1 Å². The summed E-state index contributed by atoms with van der Waals surface area (Å²) in [6, 6.07) is 6.35. The van der Waals surface area contributed by atoms with Crippen LogP contribution in [-0.2, 0) is 6.54 Å². The van der Waals surface area contributed by atoms with Gasteiger partial charge in [-0.1, -0.05) is 19.1 Å². The number of aromatic nitrogens is 2. The molecule has 4 heteroatoms. The van der Waals surface area contributed by atoms with Crippen LogP contribution in [0.1, 0.15) is 30.2 Å². The van der Waals surface area contributed by atoms with Gasteiger partial charge in [0.05, 0.1) is 11.4 Å². The molecular formula is C15H22N4. The van der Waals surface area contributed by atoms with Crippen molar-refractivity contribution in [3.63, 3.8) is 0 Å². The second-order valence-electron chi connectivity index (χ2n) is 5.01. The fourth-order valence-corrected chi connectivity index (χ4v) is 2.10. The minimum Gasteiger partial charge on any atom is -0.394 e. The first-order valence-corrected chi connectivity index (χ1v) is 6.70. The van der Waals surface area contributed by atoms with Crippen molar-refractivity contribution < 1.29 is 0 Å². The van der Waals surface area contributed by atoms with Gasteiger partial charge in [-0.3, -0.25) is 0 Å². The number of benzene rings is 1. The SMILES string of the molecule is CCCn1nc(C)c(N)c1Nc1cc(C)ccc1C. The van der Waals surface area contributed by atoms with E-state index in [1.54, 1.807) is 0 Å². The lowest BCUT2D eigenvalue weighted by Gasteiger charge is -2.13. The lowest BCUT2D eigenvalue weighted by atomic mass is 10.1. The van der Waals surface area contributed by atoms with E-state index in [-0.39, 0.29) is 0 Å². The molecule has 0 fully saturated rings. The molecule has 3 N–H and O–H groups in total. The number of hydrogen-bond acceptors (Lipinski definition) is 3. The number of nitrogens with one attached hydrogen (secondary N) is 1. The molecule has 2 aromatic rings. The van der Waals surface area contributed by atoms with Crippen LogP contribution < -0.4 is 11.1 Å². The van der Waals surface area contributed by atoms with Gasteiger partial charge in [0.25, 0.3) is 0 Å². The molecule has 19 heavy (non-hydrogen) atoms. The van der Waals surface area contributed by atoms with E-state index >= 15 is 0 Å². The standard InChI is InChI=1S/C15H22N4/c1-5-8-19-15(14(16)12(4)18-19)17-13-9-10(2)6-7-11(13)3/h6-7,9,17H,5,8,16H2,1-4H3. The number of anilines is 3. The van der Waals surface area contributed by atoms with Gasteiger partial charge in [-0.15, -0.1) is 0 Å². The van der Waals surface area contributed by atoms with Gasteiger partial charge in [-0.25, -0.2) is 4.68 Å². The molecule has 0 amide bonds. The summed E-state index contributed by atoms with van der Waals surface area (Å²) >= 11 is 0. The average Bonchev–Trinajstić information content (AvgIpc) is 2.62. The first kappa shape index (κ1) is 13.5. The Kier molecular flexibility index (Phi) is 3.79. The molecule has 1 aromatic carbocycles. The van der Waals surface area contributed by atoms with E-state index in [1.807, 2.05) is 11.6 Å². The molecule has 1 heterocycles. The topological polar surface area (TPSA) is 55.9 Å². The first-order valence-electron chi connectivity index (χ1n) is 6.70. The predicted molar refractivity (Wildman–Crippen MR) is 80.9 cm³/mol. The monoisotopic (exact) mass is 258 g/mol. The van der Waals surface area contributed by atoms with Crippen molar-refractivity contribution in [2.24, 2.45) is 0 Å². The molecule has 0 radical (unpaired) electrons. The highest BCUT2D eigenvalue weighted by Gasteiger charge is 2.13. The van der Waals surface area contributed by atoms with E-state index in [9.17, 15) is 0 Å². The summed E-state index contributed by atoms with van der Waals surface area (Å²) in [5.41, 5.74) is 11.2. The van der Waals surface area contributed by atoms with Gasteiger partial charge in [-0.05, 0) is 44.4 Å². The van der Waals surface area contributed by atoms with Crippen LogP contribution in [0.3, 0.4) is 0 Å². The molecule has 0 unspecified atom stereocenters. The molecule has 1 aromatic heterocycles. The maximum absolute atomic E-state index is 6.12. The largest absolute Gasteiger partial charge is 0.394 e. The quantitative estimate of drug-likeness (QED) is 0.881. The van der Waals surface area contributed by atoms with E-state index in [0.717, 1.165) is 35.9 Å². The zero-order chi connectivity index (χ0) is 14.0. The van der Waals surface area contributed by atoms with Crippen LogP contribution in [-0.4, -0.2) is 9.78 Å². The van der Waals surface area contributed by atoms with Crippen LogP contribution in [0.5, 0.6) is 0 Å². The molecule has 0 bridgehead atoms. The average molecular weight is 258 g/mol. The van der Waals surface area contributed by atoms with Gasteiger partial charge in [0, 0.05) is 12.2 Å². The summed E-state index contributed by atoms with van der Waals surface area (Å²) in [7, 11) is 0. The summed E-state index contributed by atoms with van der Waals surface area (Å²) in [4.78, 5) is 0. The fraction of sp³-hybridized carbons (Fsp3) is 0.400. The van der Waals surface area contributed by atoms with Crippen LogP contribution >= 0.6 is 0 Å². The second kappa shape index (κ2) is 5.34. The first-order chi connectivity index (χ1) is 9.02. The van der Waals surface area contributed by atoms with Gasteiger partial charge in [-0.2, -0.15) is 5.10 Å². The van der Waals surface area contributed by atoms with Crippen molar-refractivity contribution in [1.29, 1.82) is 0 Å². The smallest absolute Gasteiger partial charge is 0.152 e. The molecule has 4 nitrogen and oxygen atoms in total. The number of nitrogens with zero attached hydrogens (tertiary/aromatic N) is 2. The highest BCUT2D eigenvalue weighted by atomic mass is 15.3. The van der Waals surface area contributed by atoms with Gasteiger partial charge >= 0.3 is 0 Å². The zero-order valence-corrected chi connectivity index (χ0v) is 12.1. The summed E-state index contributed by atoms with van der Waals surface area (Å²) in [5.74, 6) is 0.896. The highest BCUT2D eigenvalue weighted by molar-refractivity contribution is 5.72. The third-order valence-corrected chi connectivity index (χ3v) is 3.26. The molecule has 0 saturated carbocycles. The van der Waals surface area contributed by atoms with Crippen molar-refractivity contribution in [1.82, 2.24) is 9.78 Å². The Morgan fingerprint density at radius 2 is 2.00 bits per heavy atom. The van der Waals surface area contributed by atoms with E-state index in [0.29, 0.717) is 0 Å². The predicted octanol–water partition coefficient (Wildman–Crippen LogP) is 3.54. The third-order valence-electron chi connectivity index (χ3n) is 3.26. The molecule has 0 aliphatic carbocycles. The number of nitrogens with two attached hydrogens (primary N) is 1. The lowest BCUT2D eigenvalue weighted by Crippen LogP contribution is -2.06. The minimum atomic E-state index is 0.731. The summed E-state index contributed by atoms with van der Waals surface area (Å²) in [6.45, 7) is 9.11. The molecule has 0 aliphatic heterocycles. The Morgan fingerprint density at radius 3 is 2.68 bits per heavy atom. The van der Waals surface area contributed by atoms with Crippen molar-refractivity contribution >= 4 is 17.2 Å². The maximum Gasteiger partial charge on any atom is 0.152 e. The Morgan fingerprint density at radius 1 is 1.26 bits per heavy atom. The molecule has 0 aliphatic rings. The third kappa shape index (κ3) is 2.72. The molecule has 2 rings (SSSR count). The Balaban J connectivity index is 2.39. The zero-order valence-electron chi connectivity index (χ0n) is 12.1. The molecule has 0 atom stereocenters. The summed E-state index contributed by atoms with van der Waals surface area (Å²) in [5, 5.41) is 7.91. The van der Waals surface area contributed by atoms with Crippen molar-refractivity contribution in [3.05, 3.63) is 35.0 Å². The van der Waals surface area contributed by atoms with Gasteiger partial charge < -0.3 is 11.1 Å². The second-order valence-corrected chi connectivity index (χ2v) is 5.01. The normalized spacial score (nSPS) is 10.7. The van der Waals surface area contributed by atoms with Crippen LogP contribution in [0.4, 0.5) is 17.2 Å². The highest BCUT2D eigenvalue weighted by Crippen LogP contribution is 2.28. The fourth-order valence-electron chi connectivity index (χ4n) is 2.10. The Hall–Kier alpha value is -1.97. The van der Waals surface area contributed by atoms with E-state index in [2.05, 4.69) is 49.4 Å². The molecule has 102 valence electrons. The number of rotatable bonds is 4. The minimum absolute atomic E-state index is 0.731. The van der Waals surface area contributed by atoms with Crippen LogP contribution in [0.15, 0.2) is 18.2 Å². The van der Waals surface area contributed by atoms with Gasteiger partial charge in [0.15, 0.2) is 5.82 Å². The van der Waals surface area contributed by atoms with E-state index in [4.69, 9.17) is 5.73 Å². The molecular weight excluding hydrogens is 236 g/mol. The number of hydrogen-bond donors (Lipinski definition) is 2. The van der Waals surface area contributed by atoms with Crippen molar-refractivity contribution in [2.45, 2.75) is 40.7 Å². The summed E-state index contributed by atoms with van der Waals surface area (Å²) < 4.78 is 1.95.